The highest BCUT2D eigenvalue weighted by atomic mass is 35.5. The highest BCUT2D eigenvalue weighted by Gasteiger charge is 2.35. The molecule has 1 aromatic carbocycles. The van der Waals surface area contributed by atoms with Crippen LogP contribution in [0.3, 0.4) is 0 Å². The van der Waals surface area contributed by atoms with Crippen molar-refractivity contribution in [3.8, 4) is 0 Å². The lowest BCUT2D eigenvalue weighted by molar-refractivity contribution is -0.118. The first-order valence-corrected chi connectivity index (χ1v) is 9.86. The van der Waals surface area contributed by atoms with Gasteiger partial charge in [-0.1, -0.05) is 59.3 Å². The topological polar surface area (TPSA) is 46.1 Å². The second-order valence-electron chi connectivity index (χ2n) is 5.24. The summed E-state index contributed by atoms with van der Waals surface area (Å²) in [5.74, 6) is 0.848. The van der Waals surface area contributed by atoms with Gasteiger partial charge in [0.05, 0.1) is 10.0 Å². The number of nitrogens with zero attached hydrogens (tertiary/aromatic N) is 3. The number of halogens is 2. The number of aromatic nitrogens is 2. The number of anilines is 1. The monoisotopic (exact) mass is 387 g/mol. The maximum Gasteiger partial charge on any atom is 0.228 e. The maximum atomic E-state index is 12.1. The van der Waals surface area contributed by atoms with Crippen LogP contribution in [0.1, 0.15) is 31.7 Å². The van der Waals surface area contributed by atoms with Crippen molar-refractivity contribution in [3.63, 3.8) is 0 Å². The second kappa shape index (κ2) is 7.38. The molecule has 122 valence electrons. The van der Waals surface area contributed by atoms with E-state index < -0.39 is 0 Å². The van der Waals surface area contributed by atoms with E-state index in [0.717, 1.165) is 28.5 Å². The van der Waals surface area contributed by atoms with Crippen molar-refractivity contribution in [2.24, 2.45) is 0 Å². The normalized spacial score (nSPS) is 14.0. The number of carbonyl (C=O) groups excluding carboxylic acids is 1. The molecule has 0 saturated heterocycles. The van der Waals surface area contributed by atoms with Crippen molar-refractivity contribution in [1.82, 2.24) is 10.2 Å². The van der Waals surface area contributed by atoms with Gasteiger partial charge in [0.1, 0.15) is 0 Å². The summed E-state index contributed by atoms with van der Waals surface area (Å²) in [6.07, 6.45) is 2.59. The Balaban J connectivity index is 1.66. The maximum absolute atomic E-state index is 12.1. The molecular formula is C15H15Cl2N3OS2. The van der Waals surface area contributed by atoms with Crippen LogP contribution < -0.4 is 4.90 Å². The average Bonchev–Trinajstić information content (AvgIpc) is 3.26. The Morgan fingerprint density at radius 2 is 2.13 bits per heavy atom. The molecule has 0 radical (unpaired) electrons. The Morgan fingerprint density at radius 1 is 1.35 bits per heavy atom. The van der Waals surface area contributed by atoms with Crippen LogP contribution in [0.15, 0.2) is 22.5 Å². The molecular weight excluding hydrogens is 373 g/mol. The van der Waals surface area contributed by atoms with Crippen molar-refractivity contribution in [3.05, 3.63) is 33.8 Å². The number of thioether (sulfide) groups is 1. The third-order valence-electron chi connectivity index (χ3n) is 3.43. The third-order valence-corrected chi connectivity index (χ3v) is 6.30. The molecule has 0 N–H and O–H groups in total. The van der Waals surface area contributed by atoms with Gasteiger partial charge in [0.2, 0.25) is 11.0 Å². The van der Waals surface area contributed by atoms with E-state index >= 15 is 0 Å². The van der Waals surface area contributed by atoms with Crippen LogP contribution >= 0.6 is 46.3 Å². The molecule has 0 bridgehead atoms. The summed E-state index contributed by atoms with van der Waals surface area (Å²) in [5, 5.41) is 10.2. The Bertz CT molecular complexity index is 718. The molecule has 2 aromatic rings. The van der Waals surface area contributed by atoms with Gasteiger partial charge in [0, 0.05) is 18.2 Å². The van der Waals surface area contributed by atoms with Crippen molar-refractivity contribution in [2.45, 2.75) is 42.3 Å². The van der Waals surface area contributed by atoms with Crippen molar-refractivity contribution in [1.29, 1.82) is 0 Å². The molecule has 1 heterocycles. The van der Waals surface area contributed by atoms with E-state index in [1.807, 2.05) is 19.1 Å². The molecule has 1 aromatic heterocycles. The molecule has 8 heteroatoms. The van der Waals surface area contributed by atoms with Crippen LogP contribution in [0.4, 0.5) is 5.13 Å². The van der Waals surface area contributed by atoms with Crippen molar-refractivity contribution in [2.75, 3.05) is 4.90 Å². The molecule has 3 rings (SSSR count). The number of amides is 1. The zero-order valence-corrected chi connectivity index (χ0v) is 15.6. The first-order valence-electron chi connectivity index (χ1n) is 7.30. The average molecular weight is 388 g/mol. The minimum absolute atomic E-state index is 0.115. The van der Waals surface area contributed by atoms with Gasteiger partial charge in [0.25, 0.3) is 0 Å². The molecule has 0 unspecified atom stereocenters. The molecule has 23 heavy (non-hydrogen) atoms. The van der Waals surface area contributed by atoms with Gasteiger partial charge in [-0.3, -0.25) is 9.69 Å². The predicted molar refractivity (Wildman–Crippen MR) is 96.7 cm³/mol. The highest BCUT2D eigenvalue weighted by molar-refractivity contribution is 8.00. The summed E-state index contributed by atoms with van der Waals surface area (Å²) in [4.78, 5) is 13.9. The molecule has 1 saturated carbocycles. The Hall–Kier alpha value is -0.820. The zero-order valence-electron chi connectivity index (χ0n) is 12.5. The van der Waals surface area contributed by atoms with Gasteiger partial charge in [-0.15, -0.1) is 10.2 Å². The first kappa shape index (κ1) is 17.0. The third kappa shape index (κ3) is 4.18. The predicted octanol–water partition coefficient (Wildman–Crippen LogP) is 5.04. The fourth-order valence-corrected chi connectivity index (χ4v) is 4.30. The second-order valence-corrected chi connectivity index (χ2v) is 8.23. The van der Waals surface area contributed by atoms with E-state index in [2.05, 4.69) is 10.2 Å². The van der Waals surface area contributed by atoms with Gasteiger partial charge < -0.3 is 0 Å². The van der Waals surface area contributed by atoms with Crippen LogP contribution in [0.25, 0.3) is 0 Å². The lowest BCUT2D eigenvalue weighted by Gasteiger charge is -2.17. The lowest BCUT2D eigenvalue weighted by atomic mass is 10.2. The van der Waals surface area contributed by atoms with Gasteiger partial charge in [-0.25, -0.2) is 0 Å². The number of hydrogen-bond acceptors (Lipinski definition) is 5. The van der Waals surface area contributed by atoms with E-state index in [4.69, 9.17) is 23.2 Å². The highest BCUT2D eigenvalue weighted by Crippen LogP contribution is 2.37. The number of hydrogen-bond donors (Lipinski definition) is 0. The Morgan fingerprint density at radius 3 is 2.78 bits per heavy atom. The standard InChI is InChI=1S/C15H15Cl2N3OS2/c1-2-13(21)20(10-4-5-10)14-18-19-15(23-14)22-8-9-3-6-11(16)12(17)7-9/h3,6-7,10H,2,4-5,8H2,1H3. The van der Waals surface area contributed by atoms with Gasteiger partial charge >= 0.3 is 0 Å². The molecule has 1 amide bonds. The molecule has 1 fully saturated rings. The quantitative estimate of drug-likeness (QED) is 0.514. The SMILES string of the molecule is CCC(=O)N(c1nnc(SCc2ccc(Cl)c(Cl)c2)s1)C1CC1. The Kier molecular flexibility index (Phi) is 5.46. The van der Waals surface area contributed by atoms with Crippen LogP contribution in [0.2, 0.25) is 10.0 Å². The van der Waals surface area contributed by atoms with E-state index in [-0.39, 0.29) is 5.91 Å². The van der Waals surface area contributed by atoms with E-state index in [1.165, 1.54) is 11.3 Å². The summed E-state index contributed by atoms with van der Waals surface area (Å²) < 4.78 is 0.848. The summed E-state index contributed by atoms with van der Waals surface area (Å²) in [6.45, 7) is 1.87. The van der Waals surface area contributed by atoms with E-state index in [9.17, 15) is 4.79 Å². The first-order chi connectivity index (χ1) is 11.1. The van der Waals surface area contributed by atoms with E-state index in [0.29, 0.717) is 27.6 Å². The van der Waals surface area contributed by atoms with Gasteiger partial charge in [0.15, 0.2) is 4.34 Å². The van der Waals surface area contributed by atoms with Gasteiger partial charge in [-0.05, 0) is 30.5 Å². The van der Waals surface area contributed by atoms with Gasteiger partial charge in [-0.2, -0.15) is 0 Å². The minimum atomic E-state index is 0.115. The Labute approximate surface area is 153 Å². The lowest BCUT2D eigenvalue weighted by Crippen LogP contribution is -2.32. The summed E-state index contributed by atoms with van der Waals surface area (Å²) >= 11 is 15.0. The minimum Gasteiger partial charge on any atom is -0.284 e. The largest absolute Gasteiger partial charge is 0.284 e. The zero-order chi connectivity index (χ0) is 16.4. The summed E-state index contributed by atoms with van der Waals surface area (Å²) in [7, 11) is 0. The van der Waals surface area contributed by atoms with Crippen molar-refractivity contribution >= 4 is 57.3 Å². The van der Waals surface area contributed by atoms with Crippen molar-refractivity contribution < 1.29 is 4.79 Å². The number of rotatable bonds is 6. The molecule has 1 aliphatic carbocycles. The number of carbonyl (C=O) groups is 1. The molecule has 0 aliphatic heterocycles. The molecule has 0 spiro atoms. The fourth-order valence-electron chi connectivity index (χ4n) is 2.10. The summed E-state index contributed by atoms with van der Waals surface area (Å²) in [5.41, 5.74) is 1.07. The van der Waals surface area contributed by atoms with Crippen LogP contribution in [0.5, 0.6) is 0 Å². The van der Waals surface area contributed by atoms with Crippen LogP contribution in [0, 0.1) is 0 Å². The van der Waals surface area contributed by atoms with Crippen LogP contribution in [-0.4, -0.2) is 22.1 Å². The molecule has 1 aliphatic rings. The fraction of sp³-hybridized carbons (Fsp3) is 0.400. The summed E-state index contributed by atoms with van der Waals surface area (Å²) in [6, 6.07) is 5.90. The van der Waals surface area contributed by atoms with E-state index in [1.54, 1.807) is 22.7 Å². The molecule has 4 nitrogen and oxygen atoms in total. The number of benzene rings is 1. The smallest absolute Gasteiger partial charge is 0.228 e. The van der Waals surface area contributed by atoms with Crippen LogP contribution in [-0.2, 0) is 10.5 Å². The molecule has 0 atom stereocenters.